The second-order valence-corrected chi connectivity index (χ2v) is 7.23. The van der Waals surface area contributed by atoms with Crippen LogP contribution in [0.15, 0.2) is 28.6 Å². The molecule has 0 aliphatic carbocycles. The molecule has 0 unspecified atom stereocenters. The predicted molar refractivity (Wildman–Crippen MR) is 68.9 cm³/mol. The van der Waals surface area contributed by atoms with Crippen LogP contribution in [0.3, 0.4) is 0 Å². The molecular formula is C9H6ClN3O4S2. The first kappa shape index (κ1) is 13.8. The number of nitro groups is 1. The molecule has 0 saturated heterocycles. The highest BCUT2D eigenvalue weighted by atomic mass is 35.5. The van der Waals surface area contributed by atoms with Gasteiger partial charge in [0.05, 0.1) is 10.7 Å². The van der Waals surface area contributed by atoms with Gasteiger partial charge in [0.2, 0.25) is 18.6 Å². The average molecular weight is 320 g/mol. The van der Waals surface area contributed by atoms with E-state index in [1.54, 1.807) is 0 Å². The van der Waals surface area contributed by atoms with Gasteiger partial charge in [0.1, 0.15) is 0 Å². The summed E-state index contributed by atoms with van der Waals surface area (Å²) in [5.41, 5.74) is 0.331. The lowest BCUT2D eigenvalue weighted by atomic mass is 10.2. The van der Waals surface area contributed by atoms with Gasteiger partial charge in [-0.05, 0) is 17.2 Å². The highest BCUT2D eigenvalue weighted by molar-refractivity contribution is 7.92. The molecule has 1 heterocycles. The summed E-state index contributed by atoms with van der Waals surface area (Å²) in [6.45, 7) is 0. The molecule has 0 fully saturated rings. The summed E-state index contributed by atoms with van der Waals surface area (Å²) in [5.74, 6) is -0.309. The Morgan fingerprint density at radius 3 is 2.37 bits per heavy atom. The van der Waals surface area contributed by atoms with Crippen molar-refractivity contribution in [3.63, 3.8) is 0 Å². The van der Waals surface area contributed by atoms with Crippen LogP contribution in [0.2, 0.25) is 4.47 Å². The molecule has 0 radical (unpaired) electrons. The molecule has 19 heavy (non-hydrogen) atoms. The van der Waals surface area contributed by atoms with Gasteiger partial charge in [-0.15, -0.1) is 10.2 Å². The smallest absolute Gasteiger partial charge is 0.258 e. The summed E-state index contributed by atoms with van der Waals surface area (Å²) in [6.07, 6.45) is 0. The minimum absolute atomic E-state index is 0.0438. The van der Waals surface area contributed by atoms with Crippen LogP contribution in [0.4, 0.5) is 5.69 Å². The van der Waals surface area contributed by atoms with Gasteiger partial charge >= 0.3 is 0 Å². The maximum absolute atomic E-state index is 11.9. The number of rotatable bonds is 4. The van der Waals surface area contributed by atoms with Crippen LogP contribution in [0.1, 0.15) is 5.56 Å². The predicted octanol–water partition coefficient (Wildman–Crippen LogP) is 2.07. The van der Waals surface area contributed by atoms with Crippen LogP contribution >= 0.6 is 22.9 Å². The van der Waals surface area contributed by atoms with Gasteiger partial charge in [-0.2, -0.15) is 0 Å². The third-order valence-corrected chi connectivity index (χ3v) is 5.30. The highest BCUT2D eigenvalue weighted by Gasteiger charge is 2.21. The molecule has 0 saturated carbocycles. The summed E-state index contributed by atoms with van der Waals surface area (Å²) in [5, 5.41) is 17.4. The second-order valence-electron chi connectivity index (χ2n) is 3.50. The van der Waals surface area contributed by atoms with Crippen molar-refractivity contribution in [2.45, 2.75) is 10.1 Å². The number of hydrogen-bond acceptors (Lipinski definition) is 7. The number of non-ortho nitro benzene ring substituents is 1. The van der Waals surface area contributed by atoms with E-state index in [4.69, 9.17) is 11.6 Å². The number of nitro benzene ring substituents is 1. The molecule has 0 N–H and O–H groups in total. The quantitative estimate of drug-likeness (QED) is 0.631. The van der Waals surface area contributed by atoms with Crippen molar-refractivity contribution in [2.75, 3.05) is 0 Å². The molecule has 7 nitrogen and oxygen atoms in total. The van der Waals surface area contributed by atoms with Crippen molar-refractivity contribution in [2.24, 2.45) is 0 Å². The minimum atomic E-state index is -3.63. The first-order valence-electron chi connectivity index (χ1n) is 4.83. The van der Waals surface area contributed by atoms with Crippen LogP contribution in [0.25, 0.3) is 0 Å². The van der Waals surface area contributed by atoms with E-state index in [2.05, 4.69) is 10.2 Å². The molecule has 2 aromatic rings. The molecular weight excluding hydrogens is 314 g/mol. The van der Waals surface area contributed by atoms with Crippen LogP contribution in [-0.4, -0.2) is 23.5 Å². The van der Waals surface area contributed by atoms with E-state index in [1.807, 2.05) is 0 Å². The highest BCUT2D eigenvalue weighted by Crippen LogP contribution is 2.23. The molecule has 0 spiro atoms. The number of nitrogens with zero attached hydrogens (tertiary/aromatic N) is 3. The summed E-state index contributed by atoms with van der Waals surface area (Å²) >= 11 is 6.30. The van der Waals surface area contributed by atoms with Crippen molar-refractivity contribution in [1.82, 2.24) is 10.2 Å². The Hall–Kier alpha value is -1.58. The van der Waals surface area contributed by atoms with Gasteiger partial charge in [0.15, 0.2) is 0 Å². The van der Waals surface area contributed by atoms with Gasteiger partial charge in [-0.25, -0.2) is 8.42 Å². The lowest BCUT2D eigenvalue weighted by Crippen LogP contribution is -2.04. The zero-order valence-electron chi connectivity index (χ0n) is 9.19. The van der Waals surface area contributed by atoms with Crippen molar-refractivity contribution in [3.8, 4) is 0 Å². The van der Waals surface area contributed by atoms with Gasteiger partial charge in [0.25, 0.3) is 5.69 Å². The SMILES string of the molecule is O=[N+]([O-])c1ccc(CS(=O)(=O)c2nnc(Cl)s2)cc1. The van der Waals surface area contributed by atoms with E-state index in [-0.39, 0.29) is 20.2 Å². The Labute approximate surface area is 116 Å². The average Bonchev–Trinajstić information content (AvgIpc) is 2.77. The number of benzene rings is 1. The van der Waals surface area contributed by atoms with Gasteiger partial charge < -0.3 is 0 Å². The monoisotopic (exact) mass is 319 g/mol. The van der Waals surface area contributed by atoms with E-state index < -0.39 is 14.8 Å². The zero-order chi connectivity index (χ0) is 14.0. The third-order valence-electron chi connectivity index (χ3n) is 2.15. The largest absolute Gasteiger partial charge is 0.269 e. The Morgan fingerprint density at radius 1 is 1.26 bits per heavy atom. The number of aromatic nitrogens is 2. The second kappa shape index (κ2) is 5.19. The minimum Gasteiger partial charge on any atom is -0.258 e. The molecule has 1 aromatic heterocycles. The van der Waals surface area contributed by atoms with Crippen LogP contribution in [0, 0.1) is 10.1 Å². The van der Waals surface area contributed by atoms with Gasteiger partial charge in [0, 0.05) is 12.1 Å². The lowest BCUT2D eigenvalue weighted by Gasteiger charge is -2.00. The lowest BCUT2D eigenvalue weighted by molar-refractivity contribution is -0.384. The maximum atomic E-state index is 11.9. The Morgan fingerprint density at radius 2 is 1.89 bits per heavy atom. The van der Waals surface area contributed by atoms with E-state index in [0.29, 0.717) is 5.56 Å². The molecule has 0 bridgehead atoms. The number of halogens is 1. The molecule has 0 atom stereocenters. The molecule has 1 aromatic carbocycles. The van der Waals surface area contributed by atoms with Crippen LogP contribution < -0.4 is 0 Å². The Kier molecular flexibility index (Phi) is 3.78. The number of sulfone groups is 1. The summed E-state index contributed by atoms with van der Waals surface area (Å²) in [6, 6.07) is 5.27. The fourth-order valence-corrected chi connectivity index (χ4v) is 3.86. The topological polar surface area (TPSA) is 103 Å². The van der Waals surface area contributed by atoms with Gasteiger partial charge in [-0.3, -0.25) is 10.1 Å². The standard InChI is InChI=1S/C9H6ClN3O4S2/c10-8-11-12-9(18-8)19(16,17)5-6-1-3-7(4-2-6)13(14)15/h1-4H,5H2. The van der Waals surface area contributed by atoms with Crippen LogP contribution in [0.5, 0.6) is 0 Å². The van der Waals surface area contributed by atoms with Crippen molar-refractivity contribution < 1.29 is 13.3 Å². The van der Waals surface area contributed by atoms with Crippen molar-refractivity contribution in [1.29, 1.82) is 0 Å². The van der Waals surface area contributed by atoms with E-state index in [1.165, 1.54) is 24.3 Å². The van der Waals surface area contributed by atoms with E-state index in [9.17, 15) is 18.5 Å². The third kappa shape index (κ3) is 3.25. The first-order valence-corrected chi connectivity index (χ1v) is 7.68. The normalized spacial score (nSPS) is 11.4. The van der Waals surface area contributed by atoms with E-state index >= 15 is 0 Å². The van der Waals surface area contributed by atoms with E-state index in [0.717, 1.165) is 11.3 Å². The summed E-state index contributed by atoms with van der Waals surface area (Å²) in [4.78, 5) is 9.92. The molecule has 0 aliphatic rings. The molecule has 0 amide bonds. The molecule has 10 heteroatoms. The molecule has 100 valence electrons. The first-order chi connectivity index (χ1) is 8.88. The van der Waals surface area contributed by atoms with Crippen molar-refractivity contribution in [3.05, 3.63) is 44.4 Å². The number of hydrogen-bond donors (Lipinski definition) is 0. The molecule has 0 aliphatic heterocycles. The summed E-state index contributed by atoms with van der Waals surface area (Å²) < 4.78 is 23.8. The maximum Gasteiger partial charge on any atom is 0.269 e. The van der Waals surface area contributed by atoms with Gasteiger partial charge in [-0.1, -0.05) is 23.5 Å². The Bertz CT molecular complexity index is 711. The van der Waals surface area contributed by atoms with Crippen LogP contribution in [-0.2, 0) is 15.6 Å². The zero-order valence-corrected chi connectivity index (χ0v) is 11.6. The summed E-state index contributed by atoms with van der Waals surface area (Å²) in [7, 11) is -3.63. The Balaban J connectivity index is 2.23. The fourth-order valence-electron chi connectivity index (χ4n) is 1.31. The fraction of sp³-hybridized carbons (Fsp3) is 0.111. The molecule has 2 rings (SSSR count). The van der Waals surface area contributed by atoms with Crippen molar-refractivity contribution >= 4 is 38.5 Å².